The number of likely N-dealkylation sites (N-methyl/N-ethyl adjacent to an activating group) is 1. The zero-order valence-electron chi connectivity index (χ0n) is 11.9. The first-order chi connectivity index (χ1) is 8.07. The van der Waals surface area contributed by atoms with E-state index in [1.807, 2.05) is 7.05 Å². The van der Waals surface area contributed by atoms with E-state index in [2.05, 4.69) is 20.8 Å². The van der Waals surface area contributed by atoms with Crippen molar-refractivity contribution in [3.05, 3.63) is 5.21 Å². The van der Waals surface area contributed by atoms with Crippen LogP contribution in [0.25, 0.3) is 0 Å². The Kier molecular flexibility index (Phi) is 5.90. The predicted molar refractivity (Wildman–Crippen MR) is 71.6 cm³/mol. The molecule has 1 heterocycles. The summed E-state index contributed by atoms with van der Waals surface area (Å²) in [7, 11) is 1.87. The Bertz CT molecular complexity index is 218. The minimum absolute atomic E-state index is 0.0770. The molecule has 4 unspecified atom stereocenters. The van der Waals surface area contributed by atoms with E-state index in [9.17, 15) is 5.21 Å². The minimum atomic E-state index is -0.0770. The molecule has 3 nitrogen and oxygen atoms in total. The van der Waals surface area contributed by atoms with E-state index in [1.54, 1.807) is 0 Å². The van der Waals surface area contributed by atoms with Crippen LogP contribution in [0.5, 0.6) is 0 Å². The standard InChI is InChI=1S/C14H29NO2/c1-5-8-12-11-17-14(10-7-3)13(9-6-2)15(12,4)16/h12-14H,5-11H2,1-4H3. The van der Waals surface area contributed by atoms with Crippen LogP contribution in [0.3, 0.4) is 0 Å². The molecule has 1 rings (SSSR count). The van der Waals surface area contributed by atoms with Gasteiger partial charge in [0.05, 0.1) is 13.7 Å². The highest BCUT2D eigenvalue weighted by atomic mass is 16.6. The molecule has 1 aliphatic rings. The van der Waals surface area contributed by atoms with Crippen LogP contribution in [0.1, 0.15) is 59.3 Å². The Labute approximate surface area is 106 Å². The summed E-state index contributed by atoms with van der Waals surface area (Å²) in [5, 5.41) is 12.9. The van der Waals surface area contributed by atoms with Crippen LogP contribution in [-0.4, -0.2) is 36.5 Å². The minimum Gasteiger partial charge on any atom is -0.632 e. The summed E-state index contributed by atoms with van der Waals surface area (Å²) in [6, 6.07) is 0.287. The van der Waals surface area contributed by atoms with Crippen molar-refractivity contribution >= 4 is 0 Å². The van der Waals surface area contributed by atoms with Gasteiger partial charge >= 0.3 is 0 Å². The van der Waals surface area contributed by atoms with Crippen molar-refractivity contribution in [2.45, 2.75) is 77.5 Å². The highest BCUT2D eigenvalue weighted by molar-refractivity contribution is 4.79. The average Bonchev–Trinajstić information content (AvgIpc) is 2.28. The van der Waals surface area contributed by atoms with Crippen molar-refractivity contribution in [2.24, 2.45) is 0 Å². The molecule has 1 aliphatic heterocycles. The maximum atomic E-state index is 12.9. The SMILES string of the molecule is CCCC1OCC(CCC)[N+](C)([O-])C1CCC. The smallest absolute Gasteiger partial charge is 0.115 e. The third-order valence-electron chi connectivity index (χ3n) is 4.09. The van der Waals surface area contributed by atoms with Crippen LogP contribution in [-0.2, 0) is 4.74 Å². The molecule has 0 radical (unpaired) electrons. The van der Waals surface area contributed by atoms with Crippen LogP contribution in [0.4, 0.5) is 0 Å². The average molecular weight is 243 g/mol. The summed E-state index contributed by atoms with van der Waals surface area (Å²) in [4.78, 5) is 0. The Balaban J connectivity index is 2.77. The number of nitrogens with zero attached hydrogens (tertiary/aromatic N) is 1. The molecule has 0 amide bonds. The molecular weight excluding hydrogens is 214 g/mol. The maximum Gasteiger partial charge on any atom is 0.115 e. The van der Waals surface area contributed by atoms with Gasteiger partial charge in [0.2, 0.25) is 0 Å². The highest BCUT2D eigenvalue weighted by Crippen LogP contribution is 2.32. The number of ether oxygens (including phenoxy) is 1. The normalized spacial score (nSPS) is 38.3. The summed E-state index contributed by atoms with van der Waals surface area (Å²) < 4.78 is 5.89. The van der Waals surface area contributed by atoms with Crippen molar-refractivity contribution in [3.63, 3.8) is 0 Å². The van der Waals surface area contributed by atoms with Gasteiger partial charge in [0.15, 0.2) is 0 Å². The summed E-state index contributed by atoms with van der Waals surface area (Å²) in [5.41, 5.74) is 0. The fraction of sp³-hybridized carbons (Fsp3) is 1.00. The molecule has 0 N–H and O–H groups in total. The highest BCUT2D eigenvalue weighted by Gasteiger charge is 2.42. The molecule has 0 aliphatic carbocycles. The molecule has 0 saturated carbocycles. The van der Waals surface area contributed by atoms with Gasteiger partial charge in [0.25, 0.3) is 0 Å². The monoisotopic (exact) mass is 243 g/mol. The molecule has 0 aromatic heterocycles. The number of morpholine rings is 1. The Hall–Kier alpha value is -0.120. The van der Waals surface area contributed by atoms with Crippen molar-refractivity contribution in [2.75, 3.05) is 13.7 Å². The summed E-state index contributed by atoms with van der Waals surface area (Å²) in [6.07, 6.45) is 6.42. The third kappa shape index (κ3) is 3.43. The first-order valence-corrected chi connectivity index (χ1v) is 7.26. The summed E-state index contributed by atoms with van der Waals surface area (Å²) in [6.45, 7) is 7.12. The van der Waals surface area contributed by atoms with E-state index >= 15 is 0 Å². The number of hydroxylamine groups is 3. The van der Waals surface area contributed by atoms with E-state index in [4.69, 9.17) is 4.74 Å². The largest absolute Gasteiger partial charge is 0.632 e. The molecule has 1 fully saturated rings. The second-order valence-electron chi connectivity index (χ2n) is 5.52. The molecule has 0 spiro atoms. The zero-order valence-corrected chi connectivity index (χ0v) is 11.9. The molecule has 0 aromatic carbocycles. The van der Waals surface area contributed by atoms with E-state index in [0.29, 0.717) is 6.61 Å². The van der Waals surface area contributed by atoms with Crippen molar-refractivity contribution in [1.29, 1.82) is 0 Å². The molecule has 102 valence electrons. The molecular formula is C14H29NO2. The molecule has 1 saturated heterocycles. The molecule has 0 bridgehead atoms. The van der Waals surface area contributed by atoms with Crippen LogP contribution >= 0.6 is 0 Å². The van der Waals surface area contributed by atoms with Crippen LogP contribution in [0.2, 0.25) is 0 Å². The van der Waals surface area contributed by atoms with E-state index in [-0.39, 0.29) is 22.8 Å². The van der Waals surface area contributed by atoms with Crippen molar-refractivity contribution in [3.8, 4) is 0 Å². The molecule has 4 atom stereocenters. The van der Waals surface area contributed by atoms with Crippen LogP contribution in [0.15, 0.2) is 0 Å². The van der Waals surface area contributed by atoms with Gasteiger partial charge in [-0.15, -0.1) is 0 Å². The summed E-state index contributed by atoms with van der Waals surface area (Å²) >= 11 is 0. The summed E-state index contributed by atoms with van der Waals surface area (Å²) in [5.74, 6) is 0. The van der Waals surface area contributed by atoms with E-state index in [0.717, 1.165) is 38.5 Å². The predicted octanol–water partition coefficient (Wildman–Crippen LogP) is 3.47. The van der Waals surface area contributed by atoms with Gasteiger partial charge in [0, 0.05) is 12.8 Å². The van der Waals surface area contributed by atoms with E-state index in [1.165, 1.54) is 0 Å². The van der Waals surface area contributed by atoms with E-state index < -0.39 is 0 Å². The van der Waals surface area contributed by atoms with Gasteiger partial charge in [-0.3, -0.25) is 0 Å². The lowest BCUT2D eigenvalue weighted by Crippen LogP contribution is -2.64. The number of hydrogen-bond donors (Lipinski definition) is 0. The topological polar surface area (TPSA) is 32.3 Å². The molecule has 0 aromatic rings. The van der Waals surface area contributed by atoms with Gasteiger partial charge in [-0.2, -0.15) is 0 Å². The van der Waals surface area contributed by atoms with Crippen LogP contribution in [0, 0.1) is 5.21 Å². The quantitative estimate of drug-likeness (QED) is 0.528. The van der Waals surface area contributed by atoms with Gasteiger partial charge in [-0.25, -0.2) is 0 Å². The third-order valence-corrected chi connectivity index (χ3v) is 4.09. The molecule has 17 heavy (non-hydrogen) atoms. The number of hydrogen-bond acceptors (Lipinski definition) is 2. The second-order valence-corrected chi connectivity index (χ2v) is 5.52. The lowest BCUT2D eigenvalue weighted by molar-refractivity contribution is -0.925. The maximum absolute atomic E-state index is 12.9. The lowest BCUT2D eigenvalue weighted by Gasteiger charge is -2.56. The Morgan fingerprint density at radius 3 is 2.18 bits per heavy atom. The number of quaternary nitrogens is 1. The first kappa shape index (κ1) is 14.9. The van der Waals surface area contributed by atoms with Crippen molar-refractivity contribution in [1.82, 2.24) is 0 Å². The second kappa shape index (κ2) is 6.72. The van der Waals surface area contributed by atoms with Crippen molar-refractivity contribution < 1.29 is 9.38 Å². The van der Waals surface area contributed by atoms with Crippen LogP contribution < -0.4 is 0 Å². The fourth-order valence-corrected chi connectivity index (χ4v) is 3.07. The number of rotatable bonds is 6. The molecule has 3 heteroatoms. The fourth-order valence-electron chi connectivity index (χ4n) is 3.07. The van der Waals surface area contributed by atoms with Gasteiger partial charge in [-0.05, 0) is 6.42 Å². The Morgan fingerprint density at radius 1 is 1.06 bits per heavy atom. The lowest BCUT2D eigenvalue weighted by atomic mass is 9.94. The zero-order chi connectivity index (χ0) is 12.9. The van der Waals surface area contributed by atoms with Gasteiger partial charge in [0.1, 0.15) is 18.2 Å². The first-order valence-electron chi connectivity index (χ1n) is 7.26. The Morgan fingerprint density at radius 2 is 1.65 bits per heavy atom. The van der Waals surface area contributed by atoms with Gasteiger partial charge in [-0.1, -0.05) is 40.0 Å². The van der Waals surface area contributed by atoms with Gasteiger partial charge < -0.3 is 14.6 Å².